The Bertz CT molecular complexity index is 611. The molecule has 0 bridgehead atoms. The smallest absolute Gasteiger partial charge is 0.417 e. The van der Waals surface area contributed by atoms with Crippen molar-refractivity contribution in [1.82, 2.24) is 9.88 Å². The van der Waals surface area contributed by atoms with Crippen molar-refractivity contribution in [2.75, 3.05) is 19.8 Å². The minimum atomic E-state index is -0.626. The van der Waals surface area contributed by atoms with Crippen molar-refractivity contribution < 1.29 is 19.1 Å². The van der Waals surface area contributed by atoms with Crippen LogP contribution in [-0.4, -0.2) is 47.2 Å². The van der Waals surface area contributed by atoms with E-state index in [0.29, 0.717) is 26.2 Å². The largest absolute Gasteiger partial charge is 0.443 e. The summed E-state index contributed by atoms with van der Waals surface area (Å²) in [5.41, 5.74) is -0.199. The molecule has 1 aromatic heterocycles. The molecule has 2 atom stereocenters. The summed E-state index contributed by atoms with van der Waals surface area (Å²) in [4.78, 5) is 30.8. The number of hydrogen-bond acceptors (Lipinski definition) is 5. The van der Waals surface area contributed by atoms with Crippen LogP contribution in [0, 0.1) is 5.92 Å². The van der Waals surface area contributed by atoms with Gasteiger partial charge in [-0.2, -0.15) is 0 Å². The quantitative estimate of drug-likeness (QED) is 0.793. The first-order chi connectivity index (χ1) is 10.8. The highest BCUT2D eigenvalue weighted by Gasteiger charge is 2.55. The van der Waals surface area contributed by atoms with Crippen LogP contribution in [0.15, 0.2) is 24.4 Å². The standard InChI is InChI=1S/C17H22N2O4/c1-16(2,3)23-15(21)19-9-7-17(13-6-4-5-8-18-13)11-22-10-12(17)14(19)20/h4-6,8,12H,7,9-11H2,1-3H3. The molecule has 2 fully saturated rings. The Kier molecular flexibility index (Phi) is 3.88. The molecule has 3 rings (SSSR count). The van der Waals surface area contributed by atoms with Gasteiger partial charge in [-0.05, 0) is 39.3 Å². The van der Waals surface area contributed by atoms with Gasteiger partial charge in [0.1, 0.15) is 5.60 Å². The van der Waals surface area contributed by atoms with E-state index in [2.05, 4.69) is 4.98 Å². The molecule has 2 saturated heterocycles. The second-order valence-electron chi connectivity index (χ2n) is 7.16. The summed E-state index contributed by atoms with van der Waals surface area (Å²) in [6.07, 6.45) is 1.79. The maximum atomic E-state index is 12.8. The van der Waals surface area contributed by atoms with E-state index in [9.17, 15) is 9.59 Å². The lowest BCUT2D eigenvalue weighted by molar-refractivity contribution is -0.139. The van der Waals surface area contributed by atoms with Crippen LogP contribution >= 0.6 is 0 Å². The molecule has 0 N–H and O–H groups in total. The number of ether oxygens (including phenoxy) is 2. The number of nitrogens with zero attached hydrogens (tertiary/aromatic N) is 2. The lowest BCUT2D eigenvalue weighted by atomic mass is 9.69. The lowest BCUT2D eigenvalue weighted by Crippen LogP contribution is -2.56. The average Bonchev–Trinajstić information content (AvgIpc) is 2.93. The zero-order valence-electron chi connectivity index (χ0n) is 13.7. The Balaban J connectivity index is 1.85. The molecule has 2 aliphatic heterocycles. The molecule has 2 unspecified atom stereocenters. The third-order valence-electron chi connectivity index (χ3n) is 4.45. The number of pyridine rings is 1. The van der Waals surface area contributed by atoms with Crippen LogP contribution in [0.5, 0.6) is 0 Å². The van der Waals surface area contributed by atoms with Crippen LogP contribution in [0.3, 0.4) is 0 Å². The van der Waals surface area contributed by atoms with Gasteiger partial charge in [0.25, 0.3) is 0 Å². The molecule has 23 heavy (non-hydrogen) atoms. The van der Waals surface area contributed by atoms with Gasteiger partial charge in [0.15, 0.2) is 0 Å². The van der Waals surface area contributed by atoms with Crippen molar-refractivity contribution >= 4 is 12.0 Å². The first-order valence-corrected chi connectivity index (χ1v) is 7.87. The molecule has 124 valence electrons. The molecule has 6 heteroatoms. The number of hydrogen-bond donors (Lipinski definition) is 0. The van der Waals surface area contributed by atoms with Crippen molar-refractivity contribution in [2.45, 2.75) is 38.2 Å². The van der Waals surface area contributed by atoms with Gasteiger partial charge in [0.05, 0.1) is 24.5 Å². The SMILES string of the molecule is CC(C)(C)OC(=O)N1CCC2(c3ccccn3)COCC2C1=O. The van der Waals surface area contributed by atoms with Crippen LogP contribution in [0.2, 0.25) is 0 Å². The van der Waals surface area contributed by atoms with E-state index in [-0.39, 0.29) is 5.91 Å². The van der Waals surface area contributed by atoms with Crippen molar-refractivity contribution in [3.63, 3.8) is 0 Å². The van der Waals surface area contributed by atoms with E-state index in [1.807, 2.05) is 18.2 Å². The van der Waals surface area contributed by atoms with E-state index in [1.54, 1.807) is 27.0 Å². The van der Waals surface area contributed by atoms with E-state index < -0.39 is 23.0 Å². The van der Waals surface area contributed by atoms with Gasteiger partial charge >= 0.3 is 6.09 Å². The third-order valence-corrected chi connectivity index (χ3v) is 4.45. The summed E-state index contributed by atoms with van der Waals surface area (Å²) in [5, 5.41) is 0. The van der Waals surface area contributed by atoms with E-state index >= 15 is 0 Å². The minimum Gasteiger partial charge on any atom is -0.443 e. The van der Waals surface area contributed by atoms with E-state index in [0.717, 1.165) is 5.69 Å². The molecule has 1 aromatic rings. The van der Waals surface area contributed by atoms with Crippen LogP contribution in [-0.2, 0) is 19.7 Å². The van der Waals surface area contributed by atoms with Crippen molar-refractivity contribution in [2.24, 2.45) is 5.92 Å². The summed E-state index contributed by atoms with van der Waals surface area (Å²) in [7, 11) is 0. The number of aromatic nitrogens is 1. The fraction of sp³-hybridized carbons (Fsp3) is 0.588. The minimum absolute atomic E-state index is 0.228. The van der Waals surface area contributed by atoms with Crippen molar-refractivity contribution in [1.29, 1.82) is 0 Å². The molecular formula is C17H22N2O4. The molecule has 2 amide bonds. The Morgan fingerprint density at radius 3 is 2.87 bits per heavy atom. The van der Waals surface area contributed by atoms with Crippen LogP contribution in [0.4, 0.5) is 4.79 Å². The first-order valence-electron chi connectivity index (χ1n) is 7.87. The molecule has 2 aliphatic rings. The first kappa shape index (κ1) is 15.9. The molecule has 0 saturated carbocycles. The number of rotatable bonds is 1. The van der Waals surface area contributed by atoms with Gasteiger partial charge in [-0.3, -0.25) is 9.78 Å². The number of fused-ring (bicyclic) bond motifs is 1. The Labute approximate surface area is 135 Å². The molecule has 0 radical (unpaired) electrons. The van der Waals surface area contributed by atoms with Gasteiger partial charge < -0.3 is 9.47 Å². The van der Waals surface area contributed by atoms with Crippen molar-refractivity contribution in [3.05, 3.63) is 30.1 Å². The second kappa shape index (κ2) is 5.60. The van der Waals surface area contributed by atoms with Gasteiger partial charge in [0.2, 0.25) is 5.91 Å². The number of piperidine rings is 1. The molecular weight excluding hydrogens is 296 g/mol. The number of carbonyl (C=O) groups excluding carboxylic acids is 2. The fourth-order valence-corrected chi connectivity index (χ4v) is 3.32. The van der Waals surface area contributed by atoms with Gasteiger partial charge in [-0.1, -0.05) is 6.07 Å². The molecule has 6 nitrogen and oxygen atoms in total. The van der Waals surface area contributed by atoms with Crippen LogP contribution < -0.4 is 0 Å². The molecule has 0 spiro atoms. The average molecular weight is 318 g/mol. The van der Waals surface area contributed by atoms with E-state index in [1.165, 1.54) is 4.90 Å². The van der Waals surface area contributed by atoms with Gasteiger partial charge in [0, 0.05) is 18.4 Å². The Morgan fingerprint density at radius 1 is 1.43 bits per heavy atom. The summed E-state index contributed by atoms with van der Waals surface area (Å²) in [5.74, 6) is -0.618. The summed E-state index contributed by atoms with van der Waals surface area (Å²) >= 11 is 0. The van der Waals surface area contributed by atoms with E-state index in [4.69, 9.17) is 9.47 Å². The highest BCUT2D eigenvalue weighted by atomic mass is 16.6. The Hall–Kier alpha value is -1.95. The maximum absolute atomic E-state index is 12.8. The molecule has 0 aliphatic carbocycles. The normalized spacial score (nSPS) is 27.7. The number of likely N-dealkylation sites (tertiary alicyclic amines) is 1. The summed E-state index contributed by atoms with van der Waals surface area (Å²) in [6.45, 7) is 6.46. The third kappa shape index (κ3) is 2.83. The topological polar surface area (TPSA) is 68.7 Å². The monoisotopic (exact) mass is 318 g/mol. The summed E-state index contributed by atoms with van der Waals surface area (Å²) in [6, 6.07) is 5.69. The fourth-order valence-electron chi connectivity index (χ4n) is 3.32. The van der Waals surface area contributed by atoms with Crippen molar-refractivity contribution in [3.8, 4) is 0 Å². The van der Waals surface area contributed by atoms with Crippen LogP contribution in [0.1, 0.15) is 32.9 Å². The highest BCUT2D eigenvalue weighted by Crippen LogP contribution is 2.44. The molecule has 3 heterocycles. The van der Waals surface area contributed by atoms with Crippen LogP contribution in [0.25, 0.3) is 0 Å². The highest BCUT2D eigenvalue weighted by molar-refractivity contribution is 5.95. The Morgan fingerprint density at radius 2 is 2.22 bits per heavy atom. The lowest BCUT2D eigenvalue weighted by Gasteiger charge is -2.40. The predicted octanol–water partition coefficient (Wildman–Crippen LogP) is 2.13. The van der Waals surface area contributed by atoms with Gasteiger partial charge in [-0.15, -0.1) is 0 Å². The number of imide groups is 1. The summed E-state index contributed by atoms with van der Waals surface area (Å²) < 4.78 is 11.0. The predicted molar refractivity (Wildman–Crippen MR) is 82.8 cm³/mol. The second-order valence-corrected chi connectivity index (χ2v) is 7.16. The molecule has 0 aromatic carbocycles. The zero-order chi connectivity index (χ0) is 16.7. The van der Waals surface area contributed by atoms with Gasteiger partial charge in [-0.25, -0.2) is 9.69 Å². The zero-order valence-corrected chi connectivity index (χ0v) is 13.7. The maximum Gasteiger partial charge on any atom is 0.417 e. The number of carbonyl (C=O) groups is 2. The number of amides is 2.